The minimum absolute atomic E-state index is 0.206. The minimum atomic E-state index is -0.255. The largest absolute Gasteiger partial charge is 0.396 e. The molecular formula is C18H21N5O2. The van der Waals surface area contributed by atoms with Crippen LogP contribution in [0.5, 0.6) is 0 Å². The van der Waals surface area contributed by atoms with Crippen LogP contribution in [0.2, 0.25) is 0 Å². The number of unbranched alkanes of at least 4 members (excludes halogenated alkanes) is 1. The van der Waals surface area contributed by atoms with E-state index in [2.05, 4.69) is 25.5 Å². The number of aromatic nitrogens is 3. The topological polar surface area (TPSA) is 103 Å². The lowest BCUT2D eigenvalue weighted by Crippen LogP contribution is -2.14. The van der Waals surface area contributed by atoms with Gasteiger partial charge in [-0.15, -0.1) is 0 Å². The van der Waals surface area contributed by atoms with Crippen LogP contribution in [0.25, 0.3) is 6.08 Å². The summed E-state index contributed by atoms with van der Waals surface area (Å²) in [6.45, 7) is 4.27. The van der Waals surface area contributed by atoms with Gasteiger partial charge in [0, 0.05) is 30.4 Å². The molecule has 2 aromatic heterocycles. The van der Waals surface area contributed by atoms with Crippen molar-refractivity contribution >= 4 is 17.7 Å². The molecule has 2 aromatic rings. The van der Waals surface area contributed by atoms with Crippen LogP contribution in [0.1, 0.15) is 41.1 Å². The van der Waals surface area contributed by atoms with Crippen molar-refractivity contribution in [3.8, 4) is 0 Å². The zero-order chi connectivity index (χ0) is 17.8. The summed E-state index contributed by atoms with van der Waals surface area (Å²) in [5.41, 5.74) is 8.32. The second-order valence-electron chi connectivity index (χ2n) is 6.00. The third-order valence-corrected chi connectivity index (χ3v) is 4.33. The average molecular weight is 339 g/mol. The van der Waals surface area contributed by atoms with Gasteiger partial charge in [0.1, 0.15) is 11.4 Å². The van der Waals surface area contributed by atoms with Crippen LogP contribution >= 0.6 is 0 Å². The van der Waals surface area contributed by atoms with Crippen molar-refractivity contribution in [3.63, 3.8) is 0 Å². The zero-order valence-electron chi connectivity index (χ0n) is 14.3. The van der Waals surface area contributed by atoms with Crippen LogP contribution < -0.4 is 5.43 Å². The number of carbonyl (C=O) groups excluding carboxylic acids is 1. The maximum absolute atomic E-state index is 12.2. The Kier molecular flexibility index (Phi) is 5.04. The summed E-state index contributed by atoms with van der Waals surface area (Å²) in [6, 6.07) is 0. The number of aryl methyl sites for hydroxylation is 1. The molecule has 0 radical (unpaired) electrons. The van der Waals surface area contributed by atoms with Crippen LogP contribution in [-0.2, 0) is 11.2 Å². The van der Waals surface area contributed by atoms with E-state index in [1.165, 1.54) is 5.56 Å². The number of nitrogens with one attached hydrogen (secondary N) is 2. The highest BCUT2D eigenvalue weighted by Gasteiger charge is 2.25. The smallest absolute Gasteiger partial charge is 0.273 e. The van der Waals surface area contributed by atoms with Crippen molar-refractivity contribution < 1.29 is 9.90 Å². The fourth-order valence-corrected chi connectivity index (χ4v) is 2.98. The Morgan fingerprint density at radius 1 is 1.24 bits per heavy atom. The highest BCUT2D eigenvalue weighted by Crippen LogP contribution is 2.24. The van der Waals surface area contributed by atoms with Crippen molar-refractivity contribution in [2.45, 2.75) is 33.1 Å². The number of aliphatic hydroxyl groups excluding tert-OH is 1. The summed E-state index contributed by atoms with van der Waals surface area (Å²) in [5, 5.41) is 13.0. The molecule has 0 atom stereocenters. The Morgan fingerprint density at radius 3 is 2.80 bits per heavy atom. The quantitative estimate of drug-likeness (QED) is 0.550. The summed E-state index contributed by atoms with van der Waals surface area (Å²) in [5.74, 6) is -0.255. The summed E-state index contributed by atoms with van der Waals surface area (Å²) in [6.07, 6.45) is 9.16. The Labute approximate surface area is 145 Å². The Balaban J connectivity index is 1.93. The first-order chi connectivity index (χ1) is 12.1. The van der Waals surface area contributed by atoms with Crippen molar-refractivity contribution in [1.82, 2.24) is 20.4 Å². The number of aromatic amines is 1. The molecule has 0 bridgehead atoms. The Hall–Kier alpha value is -2.80. The number of hydrogen-bond donors (Lipinski definition) is 3. The number of amides is 1. The summed E-state index contributed by atoms with van der Waals surface area (Å²) >= 11 is 0. The monoisotopic (exact) mass is 339 g/mol. The van der Waals surface area contributed by atoms with Gasteiger partial charge in [0.2, 0.25) is 0 Å². The second-order valence-corrected chi connectivity index (χ2v) is 6.00. The molecule has 1 aliphatic heterocycles. The molecule has 7 nitrogen and oxygen atoms in total. The van der Waals surface area contributed by atoms with E-state index in [-0.39, 0.29) is 12.5 Å². The van der Waals surface area contributed by atoms with Crippen LogP contribution in [0.3, 0.4) is 0 Å². The van der Waals surface area contributed by atoms with E-state index < -0.39 is 0 Å². The van der Waals surface area contributed by atoms with Gasteiger partial charge in [0.15, 0.2) is 0 Å². The van der Waals surface area contributed by atoms with Crippen molar-refractivity contribution in [1.29, 1.82) is 0 Å². The zero-order valence-corrected chi connectivity index (χ0v) is 14.3. The van der Waals surface area contributed by atoms with Crippen LogP contribution in [0.4, 0.5) is 0 Å². The maximum Gasteiger partial charge on any atom is 0.273 e. The van der Waals surface area contributed by atoms with Gasteiger partial charge < -0.3 is 10.1 Å². The molecule has 130 valence electrons. The number of rotatable bonds is 6. The van der Waals surface area contributed by atoms with E-state index in [0.717, 1.165) is 36.2 Å². The molecule has 0 aromatic carbocycles. The minimum Gasteiger partial charge on any atom is -0.396 e. The predicted octanol–water partition coefficient (Wildman–Crippen LogP) is 1.65. The lowest BCUT2D eigenvalue weighted by molar-refractivity contribution is -0.116. The lowest BCUT2D eigenvalue weighted by atomic mass is 10.0. The molecule has 25 heavy (non-hydrogen) atoms. The fourth-order valence-electron chi connectivity index (χ4n) is 2.98. The number of aliphatic hydroxyl groups is 1. The summed E-state index contributed by atoms with van der Waals surface area (Å²) < 4.78 is 0. The number of nitrogens with zero attached hydrogens (tertiary/aromatic N) is 3. The van der Waals surface area contributed by atoms with Crippen molar-refractivity contribution in [2.24, 2.45) is 5.10 Å². The Morgan fingerprint density at radius 2 is 2.08 bits per heavy atom. The molecule has 7 heteroatoms. The molecule has 0 fully saturated rings. The molecule has 3 heterocycles. The van der Waals surface area contributed by atoms with E-state index in [4.69, 9.17) is 5.11 Å². The molecule has 0 aliphatic carbocycles. The van der Waals surface area contributed by atoms with Crippen LogP contribution in [0.15, 0.2) is 29.3 Å². The molecule has 3 N–H and O–H groups in total. The maximum atomic E-state index is 12.2. The van der Waals surface area contributed by atoms with Gasteiger partial charge >= 0.3 is 0 Å². The fraction of sp³-hybridized carbons (Fsp3) is 0.333. The van der Waals surface area contributed by atoms with E-state index in [0.29, 0.717) is 17.0 Å². The first-order valence-electron chi connectivity index (χ1n) is 8.27. The third-order valence-electron chi connectivity index (χ3n) is 4.33. The number of carbonyl (C=O) groups is 1. The van der Waals surface area contributed by atoms with Gasteiger partial charge in [0.25, 0.3) is 5.91 Å². The van der Waals surface area contributed by atoms with Gasteiger partial charge in [-0.25, -0.2) is 5.43 Å². The normalized spacial score (nSPS) is 15.6. The molecule has 0 spiro atoms. The first-order valence-corrected chi connectivity index (χ1v) is 8.27. The second kappa shape index (κ2) is 7.40. The number of hydrazone groups is 1. The molecule has 0 saturated heterocycles. The van der Waals surface area contributed by atoms with Gasteiger partial charge in [-0.05, 0) is 50.3 Å². The predicted molar refractivity (Wildman–Crippen MR) is 95.0 cm³/mol. The molecule has 1 amide bonds. The SMILES string of the molecule is Cc1[nH]c(/C=C2/C(=O)NN=C2c2cnccn2)c(C)c1CCCCO. The lowest BCUT2D eigenvalue weighted by Gasteiger charge is -2.02. The summed E-state index contributed by atoms with van der Waals surface area (Å²) in [4.78, 5) is 23.8. The number of hydrogen-bond acceptors (Lipinski definition) is 5. The summed E-state index contributed by atoms with van der Waals surface area (Å²) in [7, 11) is 0. The highest BCUT2D eigenvalue weighted by molar-refractivity contribution is 6.32. The van der Waals surface area contributed by atoms with Crippen LogP contribution in [-0.4, -0.2) is 38.3 Å². The molecular weight excluding hydrogens is 318 g/mol. The van der Waals surface area contributed by atoms with Gasteiger partial charge in [-0.2, -0.15) is 5.10 Å². The molecule has 0 unspecified atom stereocenters. The van der Waals surface area contributed by atoms with Gasteiger partial charge in [-0.3, -0.25) is 14.8 Å². The Bertz CT molecular complexity index is 837. The average Bonchev–Trinajstić information content (AvgIpc) is 3.11. The van der Waals surface area contributed by atoms with E-state index >= 15 is 0 Å². The highest BCUT2D eigenvalue weighted by atomic mass is 16.2. The third kappa shape index (κ3) is 3.51. The van der Waals surface area contributed by atoms with Gasteiger partial charge in [0.05, 0.1) is 11.8 Å². The standard InChI is InChI=1S/C18H21N5O2/c1-11-13(5-3-4-8-24)12(2)21-15(11)9-14-17(22-23-18(14)25)16-10-19-6-7-20-16/h6-7,9-10,21,24H,3-5,8H2,1-2H3,(H,23,25)/b14-9+. The molecule has 3 rings (SSSR count). The van der Waals surface area contributed by atoms with Crippen molar-refractivity contribution in [3.05, 3.63) is 52.4 Å². The van der Waals surface area contributed by atoms with E-state index in [1.807, 2.05) is 19.9 Å². The molecule has 0 saturated carbocycles. The van der Waals surface area contributed by atoms with E-state index in [1.54, 1.807) is 18.6 Å². The van der Waals surface area contributed by atoms with Crippen molar-refractivity contribution in [2.75, 3.05) is 6.61 Å². The van der Waals surface area contributed by atoms with Gasteiger partial charge in [-0.1, -0.05) is 0 Å². The molecule has 1 aliphatic rings. The van der Waals surface area contributed by atoms with Crippen LogP contribution in [0, 0.1) is 13.8 Å². The number of H-pyrrole nitrogens is 1. The van der Waals surface area contributed by atoms with E-state index in [9.17, 15) is 4.79 Å². The first kappa shape index (κ1) is 17.0.